The van der Waals surface area contributed by atoms with Crippen LogP contribution in [0.1, 0.15) is 18.4 Å². The van der Waals surface area contributed by atoms with Gasteiger partial charge in [-0.3, -0.25) is 9.59 Å². The summed E-state index contributed by atoms with van der Waals surface area (Å²) in [6.07, 6.45) is 7.95. The molecule has 0 radical (unpaired) electrons. The molecule has 3 aromatic rings. The molecule has 3 aromatic carbocycles. The highest BCUT2D eigenvalue weighted by molar-refractivity contribution is 6.14. The highest BCUT2D eigenvalue weighted by atomic mass is 16.2. The summed E-state index contributed by atoms with van der Waals surface area (Å²) in [5.41, 5.74) is 0.940. The first-order chi connectivity index (χ1) is 14.2. The monoisotopic (exact) mass is 380 g/mol. The molecule has 1 aliphatic heterocycles. The minimum atomic E-state index is -0.229. The minimum absolute atomic E-state index is 0.139. The maximum atomic E-state index is 13.0. The molecule has 4 heteroatoms. The van der Waals surface area contributed by atoms with Crippen LogP contribution in [-0.2, 0) is 9.59 Å². The SMILES string of the molecule is O=C1[C@@H]2[C@H](C(=O)N1/N=C\c1c3ccccc3cc3ccccc13)[C@H]1C=C[C@H]2CC1. The minimum Gasteiger partial charge on any atom is -0.272 e. The summed E-state index contributed by atoms with van der Waals surface area (Å²) < 4.78 is 0. The molecule has 2 bridgehead atoms. The number of fused-ring (bicyclic) bond motifs is 3. The summed E-state index contributed by atoms with van der Waals surface area (Å²) in [7, 11) is 0. The van der Waals surface area contributed by atoms with Gasteiger partial charge in [-0.05, 0) is 52.3 Å². The van der Waals surface area contributed by atoms with Crippen molar-refractivity contribution in [3.8, 4) is 0 Å². The van der Waals surface area contributed by atoms with E-state index in [2.05, 4.69) is 47.6 Å². The standard InChI is InChI=1S/C25H20N2O2/c28-24-22-15-9-10-16(12-11-15)23(22)25(29)27(24)26-14-21-19-7-3-1-5-17(19)13-18-6-2-4-8-20(18)21/h1-10,13-16,22-23H,11-12H2/b26-14-/t15-,16-,22-,23+/m0/s1. The fourth-order valence-corrected chi connectivity index (χ4v) is 5.48. The van der Waals surface area contributed by atoms with E-state index in [0.717, 1.165) is 45.0 Å². The molecule has 2 amide bonds. The molecule has 0 spiro atoms. The Morgan fingerprint density at radius 3 is 1.83 bits per heavy atom. The number of benzene rings is 3. The fourth-order valence-electron chi connectivity index (χ4n) is 5.48. The Bertz CT molecular complexity index is 1160. The maximum absolute atomic E-state index is 13.0. The zero-order valence-corrected chi connectivity index (χ0v) is 15.9. The molecule has 1 saturated heterocycles. The predicted molar refractivity (Wildman–Crippen MR) is 113 cm³/mol. The van der Waals surface area contributed by atoms with Gasteiger partial charge in [-0.1, -0.05) is 60.7 Å². The van der Waals surface area contributed by atoms with Gasteiger partial charge in [-0.2, -0.15) is 10.1 Å². The van der Waals surface area contributed by atoms with Crippen molar-refractivity contribution in [1.29, 1.82) is 0 Å². The summed E-state index contributed by atoms with van der Waals surface area (Å²) >= 11 is 0. The Hall–Kier alpha value is -3.27. The first kappa shape index (κ1) is 16.7. The number of carbonyl (C=O) groups is 2. The third-order valence-electron chi connectivity index (χ3n) is 6.85. The van der Waals surface area contributed by atoms with Crippen LogP contribution < -0.4 is 0 Å². The van der Waals surface area contributed by atoms with Crippen molar-refractivity contribution in [1.82, 2.24) is 5.01 Å². The van der Waals surface area contributed by atoms with E-state index in [4.69, 9.17) is 0 Å². The highest BCUT2D eigenvalue weighted by Gasteiger charge is 2.56. The van der Waals surface area contributed by atoms with Crippen LogP contribution >= 0.6 is 0 Å². The van der Waals surface area contributed by atoms with E-state index in [1.54, 1.807) is 6.21 Å². The summed E-state index contributed by atoms with van der Waals surface area (Å²) in [5.74, 6) is -0.375. The Morgan fingerprint density at radius 1 is 0.793 bits per heavy atom. The van der Waals surface area contributed by atoms with Gasteiger partial charge in [0.15, 0.2) is 0 Å². The number of amides is 2. The second-order valence-electron chi connectivity index (χ2n) is 8.31. The van der Waals surface area contributed by atoms with Crippen molar-refractivity contribution in [3.63, 3.8) is 0 Å². The van der Waals surface area contributed by atoms with Crippen LogP contribution in [0.15, 0.2) is 71.9 Å². The van der Waals surface area contributed by atoms with Gasteiger partial charge in [0.05, 0.1) is 18.1 Å². The van der Waals surface area contributed by atoms with Crippen molar-refractivity contribution in [3.05, 3.63) is 72.3 Å². The van der Waals surface area contributed by atoms with E-state index in [-0.39, 0.29) is 35.5 Å². The predicted octanol–water partition coefficient (Wildman–Crippen LogP) is 4.52. The van der Waals surface area contributed by atoms with E-state index in [1.165, 1.54) is 0 Å². The molecule has 142 valence electrons. The lowest BCUT2D eigenvalue weighted by Crippen LogP contribution is -2.38. The van der Waals surface area contributed by atoms with Gasteiger partial charge in [0.2, 0.25) is 0 Å². The second-order valence-corrected chi connectivity index (χ2v) is 8.31. The average Bonchev–Trinajstić information content (AvgIpc) is 3.04. The van der Waals surface area contributed by atoms with E-state index in [1.807, 2.05) is 24.3 Å². The molecule has 1 heterocycles. The molecule has 4 aliphatic rings. The smallest absolute Gasteiger partial charge is 0.254 e. The van der Waals surface area contributed by atoms with Crippen molar-refractivity contribution in [2.45, 2.75) is 12.8 Å². The lowest BCUT2D eigenvalue weighted by Gasteiger charge is -2.37. The van der Waals surface area contributed by atoms with Crippen molar-refractivity contribution >= 4 is 39.6 Å². The lowest BCUT2D eigenvalue weighted by molar-refractivity contribution is -0.140. The zero-order valence-electron chi connectivity index (χ0n) is 15.9. The van der Waals surface area contributed by atoms with Crippen molar-refractivity contribution < 1.29 is 9.59 Å². The third kappa shape index (κ3) is 2.35. The Balaban J connectivity index is 1.45. The third-order valence-corrected chi connectivity index (χ3v) is 6.85. The number of hydrogen-bond acceptors (Lipinski definition) is 3. The zero-order chi connectivity index (χ0) is 19.5. The number of hydrazone groups is 1. The van der Waals surface area contributed by atoms with Crippen molar-refractivity contribution in [2.75, 3.05) is 0 Å². The van der Waals surface area contributed by atoms with Crippen LogP contribution in [-0.4, -0.2) is 23.0 Å². The molecule has 0 aromatic heterocycles. The van der Waals surface area contributed by atoms with Gasteiger partial charge in [0.1, 0.15) is 0 Å². The molecule has 3 aliphatic carbocycles. The number of carbonyl (C=O) groups excluding carboxylic acids is 2. The quantitative estimate of drug-likeness (QED) is 0.284. The molecule has 4 atom stereocenters. The van der Waals surface area contributed by atoms with Crippen LogP contribution in [0.2, 0.25) is 0 Å². The largest absolute Gasteiger partial charge is 0.272 e. The van der Waals surface area contributed by atoms with Gasteiger partial charge in [-0.25, -0.2) is 0 Å². The first-order valence-electron chi connectivity index (χ1n) is 10.2. The van der Waals surface area contributed by atoms with Gasteiger partial charge in [0, 0.05) is 5.56 Å². The average molecular weight is 380 g/mol. The van der Waals surface area contributed by atoms with Gasteiger partial charge in [0.25, 0.3) is 11.8 Å². The second kappa shape index (κ2) is 6.11. The van der Waals surface area contributed by atoms with E-state index in [0.29, 0.717) is 0 Å². The molecule has 0 unspecified atom stereocenters. The number of imide groups is 1. The molecule has 2 fully saturated rings. The molecular formula is C25H20N2O2. The van der Waals surface area contributed by atoms with E-state index in [9.17, 15) is 9.59 Å². The number of allylic oxidation sites excluding steroid dienone is 2. The van der Waals surface area contributed by atoms with Crippen molar-refractivity contribution in [2.24, 2.45) is 28.8 Å². The highest BCUT2D eigenvalue weighted by Crippen LogP contribution is 2.49. The van der Waals surface area contributed by atoms with E-state index >= 15 is 0 Å². The Morgan fingerprint density at radius 2 is 1.31 bits per heavy atom. The van der Waals surface area contributed by atoms with Gasteiger partial charge < -0.3 is 0 Å². The van der Waals surface area contributed by atoms with Crippen LogP contribution in [0.25, 0.3) is 21.5 Å². The molecule has 7 rings (SSSR count). The molecule has 0 N–H and O–H groups in total. The fraction of sp³-hybridized carbons (Fsp3) is 0.240. The molecule has 29 heavy (non-hydrogen) atoms. The van der Waals surface area contributed by atoms with Gasteiger partial charge >= 0.3 is 0 Å². The molecular weight excluding hydrogens is 360 g/mol. The number of nitrogens with zero attached hydrogens (tertiary/aromatic N) is 2. The lowest BCUT2D eigenvalue weighted by atomic mass is 9.63. The van der Waals surface area contributed by atoms with Crippen LogP contribution in [0.5, 0.6) is 0 Å². The summed E-state index contributed by atoms with van der Waals surface area (Å²) in [6, 6.07) is 18.4. The Labute approximate surface area is 168 Å². The topological polar surface area (TPSA) is 49.7 Å². The summed E-state index contributed by atoms with van der Waals surface area (Å²) in [4.78, 5) is 26.1. The summed E-state index contributed by atoms with van der Waals surface area (Å²) in [6.45, 7) is 0. The maximum Gasteiger partial charge on any atom is 0.254 e. The Kier molecular flexibility index (Phi) is 3.51. The molecule has 4 nitrogen and oxygen atoms in total. The number of hydrogen-bond donors (Lipinski definition) is 0. The van der Waals surface area contributed by atoms with Gasteiger partial charge in [-0.15, -0.1) is 0 Å². The van der Waals surface area contributed by atoms with Crippen LogP contribution in [0.4, 0.5) is 0 Å². The van der Waals surface area contributed by atoms with Crippen LogP contribution in [0, 0.1) is 23.7 Å². The van der Waals surface area contributed by atoms with E-state index < -0.39 is 0 Å². The normalized spacial score (nSPS) is 28.2. The molecule has 1 saturated carbocycles. The summed E-state index contributed by atoms with van der Waals surface area (Å²) in [5, 5.41) is 9.95. The van der Waals surface area contributed by atoms with Crippen LogP contribution in [0.3, 0.4) is 0 Å². The number of rotatable bonds is 2. The first-order valence-corrected chi connectivity index (χ1v) is 10.2.